The molecule has 2 aromatic rings. The Balaban J connectivity index is 2.12. The van der Waals surface area contributed by atoms with Crippen molar-refractivity contribution in [1.82, 2.24) is 4.98 Å². The maximum Gasteiger partial charge on any atom is 0.260 e. The van der Waals surface area contributed by atoms with E-state index in [9.17, 15) is 9.18 Å². The van der Waals surface area contributed by atoms with Gasteiger partial charge in [-0.25, -0.2) is 9.37 Å². The zero-order valence-corrected chi connectivity index (χ0v) is 11.8. The fourth-order valence-electron chi connectivity index (χ4n) is 1.49. The molecule has 0 aliphatic heterocycles. The summed E-state index contributed by atoms with van der Waals surface area (Å²) < 4.78 is 18.6. The first-order valence-corrected chi connectivity index (χ1v) is 6.66. The summed E-state index contributed by atoms with van der Waals surface area (Å²) in [5.74, 6) is 4.19. The standard InChI is InChI=1S/C14H11FN2O3S/c1-20-9-4-5-11(12(15)7-9)13(19)17-14-16-8-10(21-14)3-2-6-18/h4-5,7-8,18H,6H2,1H3,(H,16,17,19). The van der Waals surface area contributed by atoms with Crippen LogP contribution in [0.3, 0.4) is 0 Å². The third-order valence-electron chi connectivity index (χ3n) is 2.44. The number of nitrogens with zero attached hydrogens (tertiary/aromatic N) is 1. The predicted octanol–water partition coefficient (Wildman–Crippen LogP) is 1.89. The van der Waals surface area contributed by atoms with Crippen LogP contribution in [-0.2, 0) is 0 Å². The second-order valence-electron chi connectivity index (χ2n) is 3.79. The largest absolute Gasteiger partial charge is 0.497 e. The number of rotatable bonds is 3. The van der Waals surface area contributed by atoms with Crippen LogP contribution < -0.4 is 10.1 Å². The number of carbonyl (C=O) groups excluding carboxylic acids is 1. The van der Waals surface area contributed by atoms with Crippen molar-refractivity contribution in [3.05, 3.63) is 40.7 Å². The van der Waals surface area contributed by atoms with Crippen LogP contribution >= 0.6 is 11.3 Å². The number of halogens is 1. The first kappa shape index (κ1) is 15.0. The Morgan fingerprint density at radius 2 is 2.38 bits per heavy atom. The Labute approximate surface area is 124 Å². The van der Waals surface area contributed by atoms with Gasteiger partial charge in [0.2, 0.25) is 0 Å². The quantitative estimate of drug-likeness (QED) is 0.850. The van der Waals surface area contributed by atoms with Crippen molar-refractivity contribution in [3.63, 3.8) is 0 Å². The first-order chi connectivity index (χ1) is 10.1. The molecule has 0 aliphatic rings. The fourth-order valence-corrected chi connectivity index (χ4v) is 2.17. The lowest BCUT2D eigenvalue weighted by atomic mass is 10.2. The summed E-state index contributed by atoms with van der Waals surface area (Å²) in [5.41, 5.74) is -0.103. The highest BCUT2D eigenvalue weighted by atomic mass is 32.1. The summed E-state index contributed by atoms with van der Waals surface area (Å²) >= 11 is 1.13. The first-order valence-electron chi connectivity index (χ1n) is 5.84. The molecular formula is C14H11FN2O3S. The second-order valence-corrected chi connectivity index (χ2v) is 4.82. The topological polar surface area (TPSA) is 71.5 Å². The number of thiazole rings is 1. The van der Waals surface area contributed by atoms with Crippen LogP contribution in [0.15, 0.2) is 24.4 Å². The van der Waals surface area contributed by atoms with Gasteiger partial charge in [-0.1, -0.05) is 23.2 Å². The molecule has 2 rings (SSSR count). The van der Waals surface area contributed by atoms with Crippen molar-refractivity contribution >= 4 is 22.4 Å². The summed E-state index contributed by atoms with van der Waals surface area (Å²) in [6, 6.07) is 3.97. The molecule has 0 bridgehead atoms. The van der Waals surface area contributed by atoms with Crippen LogP contribution in [0.25, 0.3) is 0 Å². The molecule has 0 fully saturated rings. The molecule has 0 spiro atoms. The van der Waals surface area contributed by atoms with Crippen molar-refractivity contribution in [1.29, 1.82) is 0 Å². The lowest BCUT2D eigenvalue weighted by Gasteiger charge is -2.05. The maximum atomic E-state index is 13.8. The normalized spacial score (nSPS) is 9.67. The van der Waals surface area contributed by atoms with Crippen LogP contribution in [0.2, 0.25) is 0 Å². The summed E-state index contributed by atoms with van der Waals surface area (Å²) in [4.78, 5) is 16.5. The van der Waals surface area contributed by atoms with Gasteiger partial charge in [0.25, 0.3) is 5.91 Å². The Hall–Kier alpha value is -2.43. The molecule has 7 heteroatoms. The number of aromatic nitrogens is 1. The van der Waals surface area contributed by atoms with Gasteiger partial charge in [-0.2, -0.15) is 0 Å². The van der Waals surface area contributed by atoms with E-state index < -0.39 is 11.7 Å². The monoisotopic (exact) mass is 306 g/mol. The highest BCUT2D eigenvalue weighted by Crippen LogP contribution is 2.20. The minimum atomic E-state index is -0.677. The smallest absolute Gasteiger partial charge is 0.260 e. The summed E-state index contributed by atoms with van der Waals surface area (Å²) in [6.45, 7) is -0.253. The maximum absolute atomic E-state index is 13.8. The SMILES string of the molecule is COc1ccc(C(=O)Nc2ncc(C#CCO)s2)c(F)c1. The van der Waals surface area contributed by atoms with E-state index in [1.54, 1.807) is 0 Å². The molecule has 1 heterocycles. The number of hydrogen-bond donors (Lipinski definition) is 2. The Morgan fingerprint density at radius 3 is 3.05 bits per heavy atom. The molecule has 0 radical (unpaired) electrons. The van der Waals surface area contributed by atoms with Gasteiger partial charge in [-0.3, -0.25) is 10.1 Å². The van der Waals surface area contributed by atoms with Gasteiger partial charge in [0, 0.05) is 6.07 Å². The minimum Gasteiger partial charge on any atom is -0.497 e. The molecule has 0 saturated carbocycles. The average molecular weight is 306 g/mol. The molecule has 108 valence electrons. The van der Waals surface area contributed by atoms with E-state index in [0.29, 0.717) is 15.8 Å². The van der Waals surface area contributed by atoms with Crippen LogP contribution in [-0.4, -0.2) is 29.7 Å². The van der Waals surface area contributed by atoms with Gasteiger partial charge in [-0.15, -0.1) is 0 Å². The molecule has 1 aromatic carbocycles. The minimum absolute atomic E-state index is 0.103. The van der Waals surface area contributed by atoms with Crippen LogP contribution in [0.5, 0.6) is 5.75 Å². The highest BCUT2D eigenvalue weighted by molar-refractivity contribution is 7.16. The number of nitrogens with one attached hydrogen (secondary N) is 1. The van der Waals surface area contributed by atoms with E-state index in [1.165, 1.54) is 25.4 Å². The zero-order valence-electron chi connectivity index (χ0n) is 11.0. The van der Waals surface area contributed by atoms with Gasteiger partial charge in [-0.05, 0) is 12.1 Å². The average Bonchev–Trinajstić information content (AvgIpc) is 2.92. The van der Waals surface area contributed by atoms with Gasteiger partial charge < -0.3 is 9.84 Å². The predicted molar refractivity (Wildman–Crippen MR) is 77.0 cm³/mol. The van der Waals surface area contributed by atoms with Gasteiger partial charge in [0.05, 0.1) is 23.7 Å². The van der Waals surface area contributed by atoms with Crippen molar-refractivity contribution in [3.8, 4) is 17.6 Å². The lowest BCUT2D eigenvalue weighted by Crippen LogP contribution is -2.13. The third-order valence-corrected chi connectivity index (χ3v) is 3.27. The number of hydrogen-bond acceptors (Lipinski definition) is 5. The van der Waals surface area contributed by atoms with Crippen LogP contribution in [0.4, 0.5) is 9.52 Å². The number of aliphatic hydroxyl groups is 1. The number of amides is 1. The summed E-state index contributed by atoms with van der Waals surface area (Å²) in [6.07, 6.45) is 1.47. The van der Waals surface area contributed by atoms with E-state index in [4.69, 9.17) is 9.84 Å². The molecule has 1 amide bonds. The fraction of sp³-hybridized carbons (Fsp3) is 0.143. The van der Waals surface area contributed by atoms with Crippen molar-refractivity contribution < 1.29 is 19.0 Å². The van der Waals surface area contributed by atoms with E-state index in [-0.39, 0.29) is 12.2 Å². The molecule has 0 atom stereocenters. The Bertz CT molecular complexity index is 718. The van der Waals surface area contributed by atoms with E-state index in [0.717, 1.165) is 17.4 Å². The van der Waals surface area contributed by atoms with E-state index in [2.05, 4.69) is 22.1 Å². The number of anilines is 1. The van der Waals surface area contributed by atoms with E-state index in [1.807, 2.05) is 0 Å². The molecule has 5 nitrogen and oxygen atoms in total. The molecule has 0 saturated heterocycles. The van der Waals surface area contributed by atoms with Gasteiger partial charge in [0.15, 0.2) is 5.13 Å². The van der Waals surface area contributed by atoms with Crippen molar-refractivity contribution in [2.24, 2.45) is 0 Å². The van der Waals surface area contributed by atoms with Crippen molar-refractivity contribution in [2.45, 2.75) is 0 Å². The second kappa shape index (κ2) is 6.83. The molecule has 21 heavy (non-hydrogen) atoms. The zero-order chi connectivity index (χ0) is 15.2. The number of carbonyl (C=O) groups is 1. The lowest BCUT2D eigenvalue weighted by molar-refractivity contribution is 0.102. The molecular weight excluding hydrogens is 295 g/mol. The molecule has 0 unspecified atom stereocenters. The van der Waals surface area contributed by atoms with E-state index >= 15 is 0 Å². The number of ether oxygens (including phenoxy) is 1. The summed E-state index contributed by atoms with van der Waals surface area (Å²) in [5, 5.41) is 11.4. The molecule has 1 aromatic heterocycles. The summed E-state index contributed by atoms with van der Waals surface area (Å²) in [7, 11) is 1.42. The van der Waals surface area contributed by atoms with Crippen molar-refractivity contribution in [2.75, 3.05) is 19.0 Å². The molecule has 0 aliphatic carbocycles. The van der Waals surface area contributed by atoms with Crippen LogP contribution in [0, 0.1) is 17.7 Å². The van der Waals surface area contributed by atoms with Gasteiger partial charge in [0.1, 0.15) is 18.2 Å². The number of benzene rings is 1. The third kappa shape index (κ3) is 3.78. The molecule has 2 N–H and O–H groups in total. The highest BCUT2D eigenvalue weighted by Gasteiger charge is 2.14. The van der Waals surface area contributed by atoms with Gasteiger partial charge >= 0.3 is 0 Å². The Kier molecular flexibility index (Phi) is 4.87. The number of methoxy groups -OCH3 is 1. The Morgan fingerprint density at radius 1 is 1.57 bits per heavy atom. The van der Waals surface area contributed by atoms with Crippen LogP contribution in [0.1, 0.15) is 15.2 Å². The number of aliphatic hydroxyl groups excluding tert-OH is 1.